The molecule has 1 heterocycles. The summed E-state index contributed by atoms with van der Waals surface area (Å²) < 4.78 is 0.694. The second kappa shape index (κ2) is 8.79. The lowest BCUT2D eigenvalue weighted by Gasteiger charge is -2.08. The highest BCUT2D eigenvalue weighted by atomic mass is 32.2. The molecular formula is C19H18N4O2S2. The summed E-state index contributed by atoms with van der Waals surface area (Å²) in [4.78, 5) is 23.8. The van der Waals surface area contributed by atoms with Gasteiger partial charge in [-0.2, -0.15) is 0 Å². The van der Waals surface area contributed by atoms with E-state index in [1.165, 1.54) is 35.6 Å². The number of Topliss-reactive ketones (excluding diaryl/α,β-unsaturated/α-hetero) is 1. The highest BCUT2D eigenvalue weighted by molar-refractivity contribution is 8.01. The summed E-state index contributed by atoms with van der Waals surface area (Å²) in [7, 11) is 0. The maximum atomic E-state index is 12.2. The molecule has 0 aliphatic rings. The zero-order valence-corrected chi connectivity index (χ0v) is 16.5. The average molecular weight is 399 g/mol. The predicted molar refractivity (Wildman–Crippen MR) is 110 cm³/mol. The van der Waals surface area contributed by atoms with Gasteiger partial charge in [-0.05, 0) is 38.1 Å². The van der Waals surface area contributed by atoms with Gasteiger partial charge in [-0.1, -0.05) is 52.9 Å². The number of carbonyl (C=O) groups is 2. The smallest absolute Gasteiger partial charge is 0.234 e. The zero-order valence-electron chi connectivity index (χ0n) is 14.9. The van der Waals surface area contributed by atoms with Crippen LogP contribution in [0.3, 0.4) is 0 Å². The summed E-state index contributed by atoms with van der Waals surface area (Å²) in [6.07, 6.45) is 0. The number of nitrogens with one attached hydrogen (secondary N) is 2. The van der Waals surface area contributed by atoms with E-state index in [1.807, 2.05) is 31.2 Å². The van der Waals surface area contributed by atoms with E-state index in [-0.39, 0.29) is 17.4 Å². The van der Waals surface area contributed by atoms with Crippen molar-refractivity contribution in [3.63, 3.8) is 0 Å². The molecule has 3 rings (SSSR count). The van der Waals surface area contributed by atoms with E-state index in [9.17, 15) is 9.59 Å². The van der Waals surface area contributed by atoms with Gasteiger partial charge in [0, 0.05) is 11.3 Å². The Bertz CT molecular complexity index is 954. The van der Waals surface area contributed by atoms with Crippen molar-refractivity contribution in [2.75, 3.05) is 16.4 Å². The number of rotatable bonds is 7. The van der Waals surface area contributed by atoms with Crippen molar-refractivity contribution in [3.05, 3.63) is 59.7 Å². The van der Waals surface area contributed by atoms with Crippen LogP contribution in [0.15, 0.2) is 52.9 Å². The van der Waals surface area contributed by atoms with Crippen molar-refractivity contribution in [2.24, 2.45) is 0 Å². The first kappa shape index (κ1) is 19.1. The Labute approximate surface area is 165 Å². The number of carbonyl (C=O) groups excluding carboxylic acids is 2. The minimum Gasteiger partial charge on any atom is -0.330 e. The van der Waals surface area contributed by atoms with E-state index in [0.717, 1.165) is 5.69 Å². The molecule has 0 saturated heterocycles. The maximum Gasteiger partial charge on any atom is 0.234 e. The minimum absolute atomic E-state index is 0.0884. The van der Waals surface area contributed by atoms with Crippen molar-refractivity contribution >= 4 is 51.3 Å². The molecular weight excluding hydrogens is 380 g/mol. The molecule has 0 radical (unpaired) electrons. The van der Waals surface area contributed by atoms with Crippen LogP contribution in [-0.4, -0.2) is 27.6 Å². The van der Waals surface area contributed by atoms with Gasteiger partial charge in [-0.3, -0.25) is 9.59 Å². The number of aryl methyl sites for hydroxylation is 1. The molecule has 1 amide bonds. The van der Waals surface area contributed by atoms with Crippen LogP contribution >= 0.6 is 23.1 Å². The van der Waals surface area contributed by atoms with Crippen molar-refractivity contribution in [3.8, 4) is 0 Å². The standard InChI is InChI=1S/C19H18N4O2S2/c1-12-7-9-14(10-8-12)20-18-22-23-19(27-18)26-11-17(25)21-16-6-4-3-5-15(16)13(2)24/h3-10H,11H2,1-2H3,(H,20,22)(H,21,25). The van der Waals surface area contributed by atoms with Crippen LogP contribution in [0, 0.1) is 6.92 Å². The van der Waals surface area contributed by atoms with Crippen LogP contribution in [0.4, 0.5) is 16.5 Å². The molecule has 27 heavy (non-hydrogen) atoms. The fourth-order valence-electron chi connectivity index (χ4n) is 2.29. The summed E-state index contributed by atoms with van der Waals surface area (Å²) in [6.45, 7) is 3.51. The van der Waals surface area contributed by atoms with Crippen LogP contribution in [0.5, 0.6) is 0 Å². The highest BCUT2D eigenvalue weighted by Gasteiger charge is 2.12. The van der Waals surface area contributed by atoms with E-state index in [2.05, 4.69) is 20.8 Å². The van der Waals surface area contributed by atoms with Gasteiger partial charge in [-0.15, -0.1) is 10.2 Å². The molecule has 0 atom stereocenters. The summed E-state index contributed by atoms with van der Waals surface area (Å²) in [6, 6.07) is 14.9. The summed E-state index contributed by atoms with van der Waals surface area (Å²) in [5.41, 5.74) is 3.14. The highest BCUT2D eigenvalue weighted by Crippen LogP contribution is 2.28. The zero-order chi connectivity index (χ0) is 19.2. The molecule has 1 aromatic heterocycles. The second-order valence-corrected chi connectivity index (χ2v) is 8.00. The fourth-order valence-corrected chi connectivity index (χ4v) is 3.86. The molecule has 0 bridgehead atoms. The monoisotopic (exact) mass is 398 g/mol. The van der Waals surface area contributed by atoms with E-state index in [4.69, 9.17) is 0 Å². The number of anilines is 3. The van der Waals surface area contributed by atoms with Gasteiger partial charge in [0.15, 0.2) is 10.1 Å². The number of amides is 1. The lowest BCUT2D eigenvalue weighted by atomic mass is 10.1. The summed E-state index contributed by atoms with van der Waals surface area (Å²) >= 11 is 2.69. The third-order valence-corrected chi connectivity index (χ3v) is 5.59. The Hall–Kier alpha value is -2.71. The molecule has 2 aromatic carbocycles. The van der Waals surface area contributed by atoms with Crippen molar-refractivity contribution < 1.29 is 9.59 Å². The summed E-state index contributed by atoms with van der Waals surface area (Å²) in [5.74, 6) is -0.0998. The average Bonchev–Trinajstić information content (AvgIpc) is 3.10. The quantitative estimate of drug-likeness (QED) is 0.450. The molecule has 0 fully saturated rings. The second-order valence-electron chi connectivity index (χ2n) is 5.80. The van der Waals surface area contributed by atoms with Crippen LogP contribution in [0.1, 0.15) is 22.8 Å². The lowest BCUT2D eigenvalue weighted by Crippen LogP contribution is -2.16. The van der Waals surface area contributed by atoms with E-state index >= 15 is 0 Å². The molecule has 8 heteroatoms. The molecule has 2 N–H and O–H groups in total. The first-order chi connectivity index (χ1) is 13.0. The molecule has 0 aliphatic heterocycles. The number of aromatic nitrogens is 2. The Balaban J connectivity index is 1.54. The number of benzene rings is 2. The Morgan fingerprint density at radius 2 is 1.81 bits per heavy atom. The Morgan fingerprint density at radius 3 is 2.56 bits per heavy atom. The van der Waals surface area contributed by atoms with Crippen molar-refractivity contribution in [2.45, 2.75) is 18.2 Å². The number of hydrogen-bond donors (Lipinski definition) is 2. The van der Waals surface area contributed by atoms with E-state index < -0.39 is 0 Å². The van der Waals surface area contributed by atoms with Gasteiger partial charge in [0.2, 0.25) is 11.0 Å². The van der Waals surface area contributed by atoms with E-state index in [0.29, 0.717) is 20.7 Å². The van der Waals surface area contributed by atoms with Gasteiger partial charge in [-0.25, -0.2) is 0 Å². The topological polar surface area (TPSA) is 84.0 Å². The summed E-state index contributed by atoms with van der Waals surface area (Å²) in [5, 5.41) is 14.8. The Kier molecular flexibility index (Phi) is 6.20. The molecule has 0 spiro atoms. The lowest BCUT2D eigenvalue weighted by molar-refractivity contribution is -0.113. The third-order valence-electron chi connectivity index (χ3n) is 3.62. The van der Waals surface area contributed by atoms with Crippen LogP contribution in [0.2, 0.25) is 0 Å². The van der Waals surface area contributed by atoms with E-state index in [1.54, 1.807) is 24.3 Å². The van der Waals surface area contributed by atoms with Gasteiger partial charge >= 0.3 is 0 Å². The molecule has 3 aromatic rings. The normalized spacial score (nSPS) is 10.4. The number of nitrogens with zero attached hydrogens (tertiary/aromatic N) is 2. The van der Waals surface area contributed by atoms with Crippen LogP contribution < -0.4 is 10.6 Å². The van der Waals surface area contributed by atoms with Crippen LogP contribution in [0.25, 0.3) is 0 Å². The number of ketones is 1. The van der Waals surface area contributed by atoms with Crippen LogP contribution in [-0.2, 0) is 4.79 Å². The van der Waals surface area contributed by atoms with Gasteiger partial charge in [0.25, 0.3) is 0 Å². The number of hydrogen-bond acceptors (Lipinski definition) is 7. The molecule has 0 unspecified atom stereocenters. The SMILES string of the molecule is CC(=O)c1ccccc1NC(=O)CSc1nnc(Nc2ccc(C)cc2)s1. The largest absolute Gasteiger partial charge is 0.330 e. The maximum absolute atomic E-state index is 12.2. The first-order valence-electron chi connectivity index (χ1n) is 8.21. The predicted octanol–water partition coefficient (Wildman–Crippen LogP) is 4.52. The molecule has 0 aliphatic carbocycles. The number of thioether (sulfide) groups is 1. The first-order valence-corrected chi connectivity index (χ1v) is 10.0. The third kappa shape index (κ3) is 5.38. The Morgan fingerprint density at radius 1 is 1.07 bits per heavy atom. The van der Waals surface area contributed by atoms with Crippen molar-refractivity contribution in [1.82, 2.24) is 10.2 Å². The van der Waals surface area contributed by atoms with Gasteiger partial charge < -0.3 is 10.6 Å². The number of para-hydroxylation sites is 1. The van der Waals surface area contributed by atoms with Crippen molar-refractivity contribution in [1.29, 1.82) is 0 Å². The van der Waals surface area contributed by atoms with Gasteiger partial charge in [0.05, 0.1) is 11.4 Å². The van der Waals surface area contributed by atoms with Gasteiger partial charge in [0.1, 0.15) is 0 Å². The minimum atomic E-state index is -0.197. The molecule has 138 valence electrons. The molecule has 6 nitrogen and oxygen atoms in total. The molecule has 0 saturated carbocycles. The fraction of sp³-hybridized carbons (Fsp3) is 0.158.